The number of carbonyl (C=O) groups is 2. The van der Waals surface area contributed by atoms with Crippen LogP contribution in [0.4, 0.5) is 4.79 Å². The lowest BCUT2D eigenvalue weighted by Gasteiger charge is -2.15. The van der Waals surface area contributed by atoms with E-state index in [9.17, 15) is 9.59 Å². The monoisotopic (exact) mass is 358 g/mol. The Hall–Kier alpha value is -2.41. The molecule has 3 rings (SSSR count). The van der Waals surface area contributed by atoms with Crippen LogP contribution in [0.5, 0.6) is 0 Å². The lowest BCUT2D eigenvalue weighted by Crippen LogP contribution is -2.34. The van der Waals surface area contributed by atoms with Crippen molar-refractivity contribution in [3.05, 3.63) is 51.5 Å². The largest absolute Gasteiger partial charge is 0.338 e. The van der Waals surface area contributed by atoms with Gasteiger partial charge >= 0.3 is 6.03 Å². The zero-order valence-electron chi connectivity index (χ0n) is 14.2. The summed E-state index contributed by atoms with van der Waals surface area (Å²) in [5, 5.41) is 6.66. The van der Waals surface area contributed by atoms with Crippen LogP contribution in [0, 0.1) is 6.92 Å². The molecule has 1 aliphatic heterocycles. The zero-order valence-corrected chi connectivity index (χ0v) is 15.1. The SMILES string of the molecule is Cc1ncc(CNC(=O)NCc2ccc(CN3CCCC3=O)cc2)s1. The smallest absolute Gasteiger partial charge is 0.315 e. The molecule has 3 amide bonds. The van der Waals surface area contributed by atoms with Crippen LogP contribution in [0.15, 0.2) is 30.5 Å². The van der Waals surface area contributed by atoms with Gasteiger partial charge in [-0.05, 0) is 24.5 Å². The second kappa shape index (κ2) is 8.11. The summed E-state index contributed by atoms with van der Waals surface area (Å²) in [5.41, 5.74) is 2.14. The maximum Gasteiger partial charge on any atom is 0.315 e. The fraction of sp³-hybridized carbons (Fsp3) is 0.389. The molecule has 0 unspecified atom stereocenters. The Morgan fingerprint density at radius 1 is 1.20 bits per heavy atom. The van der Waals surface area contributed by atoms with Gasteiger partial charge < -0.3 is 15.5 Å². The predicted molar refractivity (Wildman–Crippen MR) is 97.0 cm³/mol. The molecule has 0 atom stereocenters. The highest BCUT2D eigenvalue weighted by molar-refractivity contribution is 7.11. The van der Waals surface area contributed by atoms with Crippen LogP contribution in [0.2, 0.25) is 0 Å². The van der Waals surface area contributed by atoms with Crippen molar-refractivity contribution in [1.82, 2.24) is 20.5 Å². The summed E-state index contributed by atoms with van der Waals surface area (Å²) in [6.07, 6.45) is 3.40. The second-order valence-corrected chi connectivity index (χ2v) is 7.44. The number of thiazole rings is 1. The van der Waals surface area contributed by atoms with Gasteiger partial charge in [0.2, 0.25) is 5.91 Å². The fourth-order valence-electron chi connectivity index (χ4n) is 2.75. The summed E-state index contributed by atoms with van der Waals surface area (Å²) in [5.74, 6) is 0.235. The highest BCUT2D eigenvalue weighted by atomic mass is 32.1. The number of amides is 3. The van der Waals surface area contributed by atoms with Crippen molar-refractivity contribution in [3.8, 4) is 0 Å². The van der Waals surface area contributed by atoms with Crippen LogP contribution in [-0.4, -0.2) is 28.4 Å². The third-order valence-electron chi connectivity index (χ3n) is 4.11. The molecule has 2 N–H and O–H groups in total. The third-order valence-corrected chi connectivity index (χ3v) is 5.03. The van der Waals surface area contributed by atoms with E-state index in [0.717, 1.165) is 34.0 Å². The normalized spacial score (nSPS) is 14.0. The number of aromatic nitrogens is 1. The number of aryl methyl sites for hydroxylation is 1. The summed E-state index contributed by atoms with van der Waals surface area (Å²) < 4.78 is 0. The molecule has 132 valence electrons. The van der Waals surface area contributed by atoms with E-state index >= 15 is 0 Å². The first-order chi connectivity index (χ1) is 12.1. The van der Waals surface area contributed by atoms with Gasteiger partial charge in [-0.15, -0.1) is 11.3 Å². The summed E-state index contributed by atoms with van der Waals surface area (Å²) in [6, 6.07) is 7.81. The molecule has 25 heavy (non-hydrogen) atoms. The number of rotatable bonds is 6. The first-order valence-corrected chi connectivity index (χ1v) is 9.20. The highest BCUT2D eigenvalue weighted by Gasteiger charge is 2.19. The minimum Gasteiger partial charge on any atom is -0.338 e. The first kappa shape index (κ1) is 17.4. The van der Waals surface area contributed by atoms with Crippen LogP contribution < -0.4 is 10.6 Å². The van der Waals surface area contributed by atoms with Crippen molar-refractivity contribution in [2.24, 2.45) is 0 Å². The third kappa shape index (κ3) is 5.03. The number of nitrogens with zero attached hydrogens (tertiary/aromatic N) is 2. The number of nitrogens with one attached hydrogen (secondary N) is 2. The summed E-state index contributed by atoms with van der Waals surface area (Å²) in [6.45, 7) is 4.41. The van der Waals surface area contributed by atoms with Gasteiger partial charge in [-0.25, -0.2) is 9.78 Å². The van der Waals surface area contributed by atoms with Crippen molar-refractivity contribution in [2.45, 2.75) is 39.4 Å². The molecule has 1 saturated heterocycles. The molecular formula is C18H22N4O2S. The molecule has 0 radical (unpaired) electrons. The average molecular weight is 358 g/mol. The molecule has 0 aliphatic carbocycles. The number of benzene rings is 1. The van der Waals surface area contributed by atoms with Crippen LogP contribution in [0.3, 0.4) is 0 Å². The van der Waals surface area contributed by atoms with E-state index in [2.05, 4.69) is 15.6 Å². The van der Waals surface area contributed by atoms with Gasteiger partial charge in [0, 0.05) is 37.1 Å². The predicted octanol–water partition coefficient (Wildman–Crippen LogP) is 2.57. The van der Waals surface area contributed by atoms with Gasteiger partial charge in [0.15, 0.2) is 0 Å². The standard InChI is InChI=1S/C18H22N4O2S/c1-13-19-10-16(25-13)11-21-18(24)20-9-14-4-6-15(7-5-14)12-22-8-2-3-17(22)23/h4-7,10H,2-3,8-9,11-12H2,1H3,(H2,20,21,24). The Bertz CT molecular complexity index is 742. The number of urea groups is 1. The van der Waals surface area contributed by atoms with Gasteiger partial charge in [0.1, 0.15) is 0 Å². The molecule has 2 heterocycles. The van der Waals surface area contributed by atoms with Crippen molar-refractivity contribution in [2.75, 3.05) is 6.54 Å². The Morgan fingerprint density at radius 2 is 1.92 bits per heavy atom. The average Bonchev–Trinajstić information content (AvgIpc) is 3.21. The van der Waals surface area contributed by atoms with Gasteiger partial charge in [0.25, 0.3) is 0 Å². The Morgan fingerprint density at radius 3 is 2.56 bits per heavy atom. The van der Waals surface area contributed by atoms with Crippen LogP contribution in [-0.2, 0) is 24.4 Å². The number of likely N-dealkylation sites (tertiary alicyclic amines) is 1. The van der Waals surface area contributed by atoms with Crippen molar-refractivity contribution in [1.29, 1.82) is 0 Å². The molecule has 1 aromatic heterocycles. The molecule has 0 saturated carbocycles. The second-order valence-electron chi connectivity index (χ2n) is 6.12. The molecule has 0 bridgehead atoms. The minimum absolute atomic E-state index is 0.196. The minimum atomic E-state index is -0.196. The van der Waals surface area contributed by atoms with Crippen LogP contribution in [0.1, 0.15) is 33.9 Å². The quantitative estimate of drug-likeness (QED) is 0.833. The zero-order chi connectivity index (χ0) is 17.6. The molecule has 1 aromatic carbocycles. The highest BCUT2D eigenvalue weighted by Crippen LogP contribution is 2.15. The van der Waals surface area contributed by atoms with Gasteiger partial charge in [-0.2, -0.15) is 0 Å². The van der Waals surface area contributed by atoms with Crippen LogP contribution >= 0.6 is 11.3 Å². The van der Waals surface area contributed by atoms with Crippen molar-refractivity contribution >= 4 is 23.3 Å². The Kier molecular flexibility index (Phi) is 5.65. The molecule has 1 aliphatic rings. The topological polar surface area (TPSA) is 74.3 Å². The fourth-order valence-corrected chi connectivity index (χ4v) is 3.49. The van der Waals surface area contributed by atoms with E-state index in [4.69, 9.17) is 0 Å². The summed E-state index contributed by atoms with van der Waals surface area (Å²) >= 11 is 1.58. The summed E-state index contributed by atoms with van der Waals surface area (Å²) in [4.78, 5) is 30.6. The molecular weight excluding hydrogens is 336 g/mol. The maximum absolute atomic E-state index is 11.8. The first-order valence-electron chi connectivity index (χ1n) is 8.39. The summed E-state index contributed by atoms with van der Waals surface area (Å²) in [7, 11) is 0. The van der Waals surface area contributed by atoms with E-state index in [1.54, 1.807) is 17.5 Å². The molecule has 2 aromatic rings. The molecule has 1 fully saturated rings. The van der Waals surface area contributed by atoms with E-state index in [1.807, 2.05) is 36.1 Å². The van der Waals surface area contributed by atoms with Crippen molar-refractivity contribution < 1.29 is 9.59 Å². The molecule has 6 nitrogen and oxygen atoms in total. The number of hydrogen-bond acceptors (Lipinski definition) is 4. The van der Waals surface area contributed by atoms with E-state index in [0.29, 0.717) is 26.1 Å². The van der Waals surface area contributed by atoms with E-state index < -0.39 is 0 Å². The molecule has 0 spiro atoms. The Balaban J connectivity index is 1.42. The lowest BCUT2D eigenvalue weighted by molar-refractivity contribution is -0.128. The van der Waals surface area contributed by atoms with E-state index in [-0.39, 0.29) is 11.9 Å². The number of carbonyl (C=O) groups excluding carboxylic acids is 2. The van der Waals surface area contributed by atoms with Gasteiger partial charge in [-0.1, -0.05) is 24.3 Å². The van der Waals surface area contributed by atoms with E-state index in [1.165, 1.54) is 0 Å². The van der Waals surface area contributed by atoms with Crippen LogP contribution in [0.25, 0.3) is 0 Å². The molecule has 7 heteroatoms. The Labute approximate surface area is 151 Å². The van der Waals surface area contributed by atoms with Crippen molar-refractivity contribution in [3.63, 3.8) is 0 Å². The maximum atomic E-state index is 11.8. The lowest BCUT2D eigenvalue weighted by atomic mass is 10.1. The number of hydrogen-bond donors (Lipinski definition) is 2. The van der Waals surface area contributed by atoms with Gasteiger partial charge in [0.05, 0.1) is 11.6 Å². The van der Waals surface area contributed by atoms with Gasteiger partial charge in [-0.3, -0.25) is 4.79 Å².